The summed E-state index contributed by atoms with van der Waals surface area (Å²) in [6.07, 6.45) is 3.94. The first-order valence-corrected chi connectivity index (χ1v) is 8.55. The second-order valence-corrected chi connectivity index (χ2v) is 6.35. The van der Waals surface area contributed by atoms with Crippen LogP contribution in [0.5, 0.6) is 0 Å². The van der Waals surface area contributed by atoms with Gasteiger partial charge in [0.05, 0.1) is 0 Å². The Balaban J connectivity index is 1.51. The van der Waals surface area contributed by atoms with E-state index in [4.69, 9.17) is 0 Å². The lowest BCUT2D eigenvalue weighted by Gasteiger charge is -2.26. The number of likely N-dealkylation sites (tertiary alicyclic amines) is 1. The Bertz CT molecular complexity index is 678. The molecule has 0 saturated carbocycles. The van der Waals surface area contributed by atoms with Crippen molar-refractivity contribution < 1.29 is 9.18 Å². The normalized spacial score (nSPS) is 15.2. The Morgan fingerprint density at radius 3 is 2.42 bits per heavy atom. The molecule has 0 spiro atoms. The van der Waals surface area contributed by atoms with Gasteiger partial charge in [-0.15, -0.1) is 0 Å². The molecular formula is C20H23FN2O. The van der Waals surface area contributed by atoms with Crippen LogP contribution in [0.3, 0.4) is 0 Å². The average Bonchev–Trinajstić information content (AvgIpc) is 2.62. The van der Waals surface area contributed by atoms with E-state index in [9.17, 15) is 9.18 Å². The third-order valence-corrected chi connectivity index (χ3v) is 4.42. The van der Waals surface area contributed by atoms with Crippen LogP contribution in [0.4, 0.5) is 4.39 Å². The van der Waals surface area contributed by atoms with Gasteiger partial charge in [-0.25, -0.2) is 4.39 Å². The molecule has 1 N–H and O–H groups in total. The summed E-state index contributed by atoms with van der Waals surface area (Å²) in [4.78, 5) is 14.5. The van der Waals surface area contributed by atoms with Crippen molar-refractivity contribution >= 4 is 5.91 Å². The highest BCUT2D eigenvalue weighted by atomic mass is 19.1. The third kappa shape index (κ3) is 4.65. The van der Waals surface area contributed by atoms with Crippen LogP contribution in [0.25, 0.3) is 0 Å². The zero-order valence-electron chi connectivity index (χ0n) is 13.8. The number of rotatable bonds is 5. The number of carbonyl (C=O) groups excluding carboxylic acids is 1. The van der Waals surface area contributed by atoms with Crippen LogP contribution < -0.4 is 5.32 Å². The van der Waals surface area contributed by atoms with Gasteiger partial charge in [-0.05, 0) is 55.3 Å². The summed E-state index contributed by atoms with van der Waals surface area (Å²) in [6.45, 7) is 3.81. The van der Waals surface area contributed by atoms with Crippen LogP contribution >= 0.6 is 0 Å². The maximum absolute atomic E-state index is 13.1. The van der Waals surface area contributed by atoms with Gasteiger partial charge in [0.2, 0.25) is 0 Å². The molecule has 0 aliphatic carbocycles. The van der Waals surface area contributed by atoms with Gasteiger partial charge in [-0.1, -0.05) is 36.8 Å². The van der Waals surface area contributed by atoms with Gasteiger partial charge in [0.25, 0.3) is 5.91 Å². The molecule has 0 atom stereocenters. The fourth-order valence-electron chi connectivity index (χ4n) is 3.05. The van der Waals surface area contributed by atoms with E-state index in [-0.39, 0.29) is 5.91 Å². The SMILES string of the molecule is O=C(NCc1ccc(CN2CCCCC2)cc1)c1cccc(F)c1. The lowest BCUT2D eigenvalue weighted by Crippen LogP contribution is -2.29. The zero-order valence-corrected chi connectivity index (χ0v) is 13.8. The molecule has 1 saturated heterocycles. The predicted octanol–water partition coefficient (Wildman–Crippen LogP) is 3.74. The van der Waals surface area contributed by atoms with Crippen LogP contribution in [0, 0.1) is 5.82 Å². The molecule has 0 unspecified atom stereocenters. The Labute approximate surface area is 142 Å². The lowest BCUT2D eigenvalue weighted by molar-refractivity contribution is 0.0950. The molecule has 126 valence electrons. The van der Waals surface area contributed by atoms with E-state index >= 15 is 0 Å². The van der Waals surface area contributed by atoms with Crippen LogP contribution in [0.2, 0.25) is 0 Å². The van der Waals surface area contributed by atoms with E-state index in [1.807, 2.05) is 12.1 Å². The number of nitrogens with one attached hydrogen (secondary N) is 1. The number of piperidine rings is 1. The smallest absolute Gasteiger partial charge is 0.251 e. The molecule has 0 bridgehead atoms. The number of amides is 1. The summed E-state index contributed by atoms with van der Waals surface area (Å²) in [5, 5.41) is 2.83. The molecular weight excluding hydrogens is 303 g/mol. The van der Waals surface area contributed by atoms with E-state index in [2.05, 4.69) is 22.3 Å². The molecule has 4 heteroatoms. The van der Waals surface area contributed by atoms with E-state index < -0.39 is 5.82 Å². The summed E-state index contributed by atoms with van der Waals surface area (Å²) < 4.78 is 13.1. The van der Waals surface area contributed by atoms with Crippen molar-refractivity contribution in [3.05, 3.63) is 71.0 Å². The zero-order chi connectivity index (χ0) is 16.8. The van der Waals surface area contributed by atoms with Gasteiger partial charge in [0.1, 0.15) is 5.82 Å². The Hall–Kier alpha value is -2.20. The molecule has 3 rings (SSSR count). The third-order valence-electron chi connectivity index (χ3n) is 4.42. The summed E-state index contributed by atoms with van der Waals surface area (Å²) in [6, 6.07) is 14.1. The molecule has 2 aromatic rings. The van der Waals surface area contributed by atoms with Gasteiger partial charge >= 0.3 is 0 Å². The van der Waals surface area contributed by atoms with Crippen molar-refractivity contribution in [3.63, 3.8) is 0 Å². The van der Waals surface area contributed by atoms with Crippen molar-refractivity contribution in [1.29, 1.82) is 0 Å². The second-order valence-electron chi connectivity index (χ2n) is 6.35. The standard InChI is InChI=1S/C20H23FN2O/c21-19-6-4-5-18(13-19)20(24)22-14-16-7-9-17(10-8-16)15-23-11-2-1-3-12-23/h4-10,13H,1-3,11-12,14-15H2,(H,22,24). The quantitative estimate of drug-likeness (QED) is 0.908. The first-order chi connectivity index (χ1) is 11.7. The highest BCUT2D eigenvalue weighted by Crippen LogP contribution is 2.13. The predicted molar refractivity (Wildman–Crippen MR) is 93.1 cm³/mol. The van der Waals surface area contributed by atoms with Crippen LogP contribution in [0.15, 0.2) is 48.5 Å². The maximum atomic E-state index is 13.1. The molecule has 1 fully saturated rings. The van der Waals surface area contributed by atoms with Crippen molar-refractivity contribution in [2.24, 2.45) is 0 Å². The maximum Gasteiger partial charge on any atom is 0.251 e. The van der Waals surface area contributed by atoms with Crippen molar-refractivity contribution in [2.45, 2.75) is 32.4 Å². The van der Waals surface area contributed by atoms with Crippen LogP contribution in [-0.2, 0) is 13.1 Å². The topological polar surface area (TPSA) is 32.3 Å². The Kier molecular flexibility index (Phi) is 5.59. The number of hydrogen-bond donors (Lipinski definition) is 1. The lowest BCUT2D eigenvalue weighted by atomic mass is 10.1. The molecule has 1 aliphatic rings. The minimum Gasteiger partial charge on any atom is -0.348 e. The number of carbonyl (C=O) groups is 1. The summed E-state index contributed by atoms with van der Waals surface area (Å²) in [7, 11) is 0. The highest BCUT2D eigenvalue weighted by molar-refractivity contribution is 5.94. The van der Waals surface area contributed by atoms with Gasteiger partial charge in [0.15, 0.2) is 0 Å². The van der Waals surface area contributed by atoms with Crippen molar-refractivity contribution in [3.8, 4) is 0 Å². The Morgan fingerprint density at radius 2 is 1.71 bits per heavy atom. The minimum absolute atomic E-state index is 0.258. The largest absolute Gasteiger partial charge is 0.348 e. The molecule has 1 aliphatic heterocycles. The summed E-state index contributed by atoms with van der Waals surface area (Å²) in [5.41, 5.74) is 2.69. The van der Waals surface area contributed by atoms with Gasteiger partial charge in [-0.2, -0.15) is 0 Å². The van der Waals surface area contributed by atoms with Gasteiger partial charge in [0, 0.05) is 18.7 Å². The fourth-order valence-corrected chi connectivity index (χ4v) is 3.05. The first kappa shape index (κ1) is 16.7. The molecule has 0 radical (unpaired) electrons. The monoisotopic (exact) mass is 326 g/mol. The molecule has 0 aromatic heterocycles. The Morgan fingerprint density at radius 1 is 1.00 bits per heavy atom. The van der Waals surface area contributed by atoms with E-state index in [0.29, 0.717) is 12.1 Å². The number of benzene rings is 2. The number of halogens is 1. The molecule has 1 amide bonds. The summed E-state index contributed by atoms with van der Waals surface area (Å²) >= 11 is 0. The fraction of sp³-hybridized carbons (Fsp3) is 0.350. The van der Waals surface area contributed by atoms with Crippen LogP contribution in [-0.4, -0.2) is 23.9 Å². The van der Waals surface area contributed by atoms with Gasteiger partial charge < -0.3 is 5.32 Å². The second kappa shape index (κ2) is 8.06. The molecule has 3 nitrogen and oxygen atoms in total. The van der Waals surface area contributed by atoms with Crippen LogP contribution in [0.1, 0.15) is 40.7 Å². The number of hydrogen-bond acceptors (Lipinski definition) is 2. The average molecular weight is 326 g/mol. The molecule has 24 heavy (non-hydrogen) atoms. The van der Waals surface area contributed by atoms with E-state index in [1.54, 1.807) is 12.1 Å². The number of nitrogens with zero attached hydrogens (tertiary/aromatic N) is 1. The summed E-state index contributed by atoms with van der Waals surface area (Å²) in [5.74, 6) is -0.656. The van der Waals surface area contributed by atoms with E-state index in [1.165, 1.54) is 50.0 Å². The first-order valence-electron chi connectivity index (χ1n) is 8.55. The minimum atomic E-state index is -0.398. The van der Waals surface area contributed by atoms with Crippen molar-refractivity contribution in [1.82, 2.24) is 10.2 Å². The van der Waals surface area contributed by atoms with Gasteiger partial charge in [-0.3, -0.25) is 9.69 Å². The van der Waals surface area contributed by atoms with Crippen molar-refractivity contribution in [2.75, 3.05) is 13.1 Å². The van der Waals surface area contributed by atoms with E-state index in [0.717, 1.165) is 12.1 Å². The highest BCUT2D eigenvalue weighted by Gasteiger charge is 2.10. The molecule has 1 heterocycles. The molecule has 2 aromatic carbocycles.